The highest BCUT2D eigenvalue weighted by atomic mass is 32.2. The number of fused-ring (bicyclic) bond motifs is 1. The van der Waals surface area contributed by atoms with E-state index < -0.39 is 35.8 Å². The van der Waals surface area contributed by atoms with Crippen LogP contribution < -0.4 is 10.1 Å². The molecule has 3 amide bonds. The van der Waals surface area contributed by atoms with Crippen LogP contribution in [0.4, 0.5) is 0 Å². The van der Waals surface area contributed by atoms with Crippen LogP contribution in [0.15, 0.2) is 84.9 Å². The number of piperidine rings is 1. The predicted molar refractivity (Wildman–Crippen MR) is 221 cm³/mol. The van der Waals surface area contributed by atoms with Crippen LogP contribution in [0.2, 0.25) is 0 Å². The van der Waals surface area contributed by atoms with Crippen LogP contribution in [0.5, 0.6) is 5.75 Å². The molecule has 1 N–H and O–H groups in total. The van der Waals surface area contributed by atoms with Gasteiger partial charge in [-0.2, -0.15) is 0 Å². The van der Waals surface area contributed by atoms with Gasteiger partial charge in [-0.05, 0) is 105 Å². The highest BCUT2D eigenvalue weighted by Crippen LogP contribution is 2.38. The van der Waals surface area contributed by atoms with Crippen molar-refractivity contribution >= 4 is 41.2 Å². The molecule has 3 aliphatic heterocycles. The minimum atomic E-state index is -0.642. The molecule has 304 valence electrons. The largest absolute Gasteiger partial charge is 0.497 e. The van der Waals surface area contributed by atoms with Crippen molar-refractivity contribution in [1.82, 2.24) is 15.1 Å². The standard InChI is InChI=1S/C46H57N3O7S/c1-55-38-18-11-17-34(29-38)31-48-25-10-9-19-39(45(48)53)47-43(51)36(28-33-15-7-4-8-16-33)23-22-35(27-32-13-5-3-6-14-32)41(50)30-37-24-26-57-42-21-12-20-40(46(54)56-2)49(42)44(37)52/h3-8,11,13-18,29,35-37,39-40,42H,9-10,12,19-28,30-31H2,1-2H3,(H,47,51)/t35-,36-,37-,39+,40+,42+/m1/s1. The maximum Gasteiger partial charge on any atom is 0.328 e. The van der Waals surface area contributed by atoms with Gasteiger partial charge in [0.1, 0.15) is 23.6 Å². The molecule has 0 saturated carbocycles. The smallest absolute Gasteiger partial charge is 0.328 e. The van der Waals surface area contributed by atoms with Gasteiger partial charge in [0.25, 0.3) is 0 Å². The molecule has 3 fully saturated rings. The van der Waals surface area contributed by atoms with E-state index in [-0.39, 0.29) is 35.3 Å². The first-order valence-electron chi connectivity index (χ1n) is 20.6. The molecule has 6 atom stereocenters. The zero-order chi connectivity index (χ0) is 40.1. The van der Waals surface area contributed by atoms with Crippen LogP contribution in [0.3, 0.4) is 0 Å². The van der Waals surface area contributed by atoms with E-state index in [2.05, 4.69) is 5.32 Å². The lowest BCUT2D eigenvalue weighted by molar-refractivity contribution is -0.157. The quantitative estimate of drug-likeness (QED) is 0.158. The maximum absolute atomic E-state index is 14.4. The highest BCUT2D eigenvalue weighted by molar-refractivity contribution is 7.99. The van der Waals surface area contributed by atoms with E-state index in [0.717, 1.165) is 53.9 Å². The summed E-state index contributed by atoms with van der Waals surface area (Å²) in [5.41, 5.74) is 2.99. The number of nitrogens with zero attached hydrogens (tertiary/aromatic N) is 2. The summed E-state index contributed by atoms with van der Waals surface area (Å²) in [6.07, 6.45) is 6.96. The second-order valence-electron chi connectivity index (χ2n) is 15.7. The Bertz CT molecular complexity index is 1820. The Labute approximate surface area is 341 Å². The minimum absolute atomic E-state index is 0.00159. The lowest BCUT2D eigenvalue weighted by Crippen LogP contribution is -2.53. The summed E-state index contributed by atoms with van der Waals surface area (Å²) < 4.78 is 10.5. The summed E-state index contributed by atoms with van der Waals surface area (Å²) in [6.45, 7) is 1.05. The average molecular weight is 796 g/mol. The molecule has 3 heterocycles. The van der Waals surface area contributed by atoms with E-state index in [4.69, 9.17) is 9.47 Å². The van der Waals surface area contributed by atoms with Crippen molar-refractivity contribution in [2.24, 2.45) is 17.8 Å². The average Bonchev–Trinajstić information content (AvgIpc) is 3.51. The van der Waals surface area contributed by atoms with E-state index in [1.54, 1.807) is 23.8 Å². The molecule has 57 heavy (non-hydrogen) atoms. The van der Waals surface area contributed by atoms with Crippen LogP contribution in [0, 0.1) is 17.8 Å². The summed E-state index contributed by atoms with van der Waals surface area (Å²) >= 11 is 1.69. The molecule has 0 radical (unpaired) electrons. The van der Waals surface area contributed by atoms with Gasteiger partial charge in [0.15, 0.2) is 0 Å². The van der Waals surface area contributed by atoms with Crippen molar-refractivity contribution in [3.8, 4) is 5.75 Å². The fourth-order valence-electron chi connectivity index (χ4n) is 8.65. The first kappa shape index (κ1) is 42.0. The van der Waals surface area contributed by atoms with Crippen LogP contribution in [-0.2, 0) is 48.1 Å². The first-order valence-corrected chi connectivity index (χ1v) is 21.6. The second-order valence-corrected chi connectivity index (χ2v) is 17.0. The molecular weight excluding hydrogens is 739 g/mol. The zero-order valence-electron chi connectivity index (χ0n) is 33.3. The lowest BCUT2D eigenvalue weighted by Gasteiger charge is -2.40. The summed E-state index contributed by atoms with van der Waals surface area (Å²) in [4.78, 5) is 73.2. The number of rotatable bonds is 16. The van der Waals surface area contributed by atoms with E-state index in [9.17, 15) is 24.0 Å². The number of ether oxygens (including phenoxy) is 2. The van der Waals surface area contributed by atoms with Gasteiger partial charge in [0.05, 0.1) is 19.6 Å². The number of carbonyl (C=O) groups is 5. The third-order valence-corrected chi connectivity index (χ3v) is 13.1. The van der Waals surface area contributed by atoms with Crippen molar-refractivity contribution in [1.29, 1.82) is 0 Å². The lowest BCUT2D eigenvalue weighted by atomic mass is 9.82. The number of esters is 1. The second kappa shape index (κ2) is 20.7. The molecule has 3 saturated heterocycles. The summed E-state index contributed by atoms with van der Waals surface area (Å²) in [7, 11) is 2.98. The monoisotopic (exact) mass is 795 g/mol. The van der Waals surface area contributed by atoms with Gasteiger partial charge in [0.2, 0.25) is 17.7 Å². The van der Waals surface area contributed by atoms with Gasteiger partial charge >= 0.3 is 5.97 Å². The number of likely N-dealkylation sites (tertiary alicyclic amines) is 1. The molecule has 10 nitrogen and oxygen atoms in total. The molecule has 6 rings (SSSR count). The number of carbonyl (C=O) groups excluding carboxylic acids is 5. The number of Topliss-reactive ketones (excluding diaryl/α,β-unsaturated/α-hetero) is 1. The molecule has 0 aliphatic carbocycles. The van der Waals surface area contributed by atoms with Crippen molar-refractivity contribution in [2.45, 2.75) is 101 Å². The SMILES string of the molecule is COC(=O)[C@@H]1CCC[C@@H]2SCC[C@H](CC(=O)[C@H](CC[C@H](Cc3ccccc3)C(=O)N[C@H]3CCCCN(Cc4cccc(OC)c4)C3=O)Cc3ccccc3)C(=O)N21. The van der Waals surface area contributed by atoms with Gasteiger partial charge in [0, 0.05) is 37.3 Å². The molecule has 3 aliphatic rings. The number of thioether (sulfide) groups is 1. The van der Waals surface area contributed by atoms with E-state index in [1.165, 1.54) is 7.11 Å². The molecule has 0 bridgehead atoms. The highest BCUT2D eigenvalue weighted by Gasteiger charge is 2.44. The van der Waals surface area contributed by atoms with E-state index >= 15 is 0 Å². The van der Waals surface area contributed by atoms with Crippen LogP contribution in [0.25, 0.3) is 0 Å². The number of nitrogens with one attached hydrogen (secondary N) is 1. The van der Waals surface area contributed by atoms with Crippen LogP contribution in [0.1, 0.15) is 80.9 Å². The summed E-state index contributed by atoms with van der Waals surface area (Å²) in [5.74, 6) is -0.777. The molecule has 0 spiro atoms. The Morgan fingerprint density at radius 1 is 0.772 bits per heavy atom. The van der Waals surface area contributed by atoms with Crippen molar-refractivity contribution < 1.29 is 33.4 Å². The predicted octanol–water partition coefficient (Wildman–Crippen LogP) is 6.78. The van der Waals surface area contributed by atoms with Gasteiger partial charge < -0.3 is 24.6 Å². The normalized spacial score (nSPS) is 22.4. The maximum atomic E-state index is 14.4. The van der Waals surface area contributed by atoms with Gasteiger partial charge in [-0.15, -0.1) is 11.8 Å². The Kier molecular flexibility index (Phi) is 15.2. The summed E-state index contributed by atoms with van der Waals surface area (Å²) in [6, 6.07) is 26.2. The number of methoxy groups -OCH3 is 2. The Balaban J connectivity index is 1.18. The van der Waals surface area contributed by atoms with Gasteiger partial charge in [-0.3, -0.25) is 19.2 Å². The fraction of sp³-hybridized carbons (Fsp3) is 0.500. The molecule has 3 aromatic rings. The molecule has 11 heteroatoms. The Morgan fingerprint density at radius 3 is 2.16 bits per heavy atom. The molecule has 0 aromatic heterocycles. The molecular formula is C46H57N3O7S. The van der Waals surface area contributed by atoms with Gasteiger partial charge in [-0.25, -0.2) is 4.79 Å². The van der Waals surface area contributed by atoms with E-state index in [0.29, 0.717) is 58.0 Å². The minimum Gasteiger partial charge on any atom is -0.497 e. The van der Waals surface area contributed by atoms with E-state index in [1.807, 2.05) is 89.8 Å². The Hall–Kier alpha value is -4.64. The van der Waals surface area contributed by atoms with Crippen LogP contribution in [-0.4, -0.2) is 83.2 Å². The number of hydrogen-bond donors (Lipinski definition) is 1. The van der Waals surface area contributed by atoms with Crippen LogP contribution >= 0.6 is 11.8 Å². The number of benzene rings is 3. The fourth-order valence-corrected chi connectivity index (χ4v) is 10.1. The molecule has 3 aromatic carbocycles. The topological polar surface area (TPSA) is 122 Å². The third kappa shape index (κ3) is 11.3. The van der Waals surface area contributed by atoms with Crippen molar-refractivity contribution in [2.75, 3.05) is 26.5 Å². The third-order valence-electron chi connectivity index (χ3n) is 11.8. The first-order chi connectivity index (χ1) is 27.7. The van der Waals surface area contributed by atoms with Crippen molar-refractivity contribution in [3.63, 3.8) is 0 Å². The summed E-state index contributed by atoms with van der Waals surface area (Å²) in [5, 5.41) is 3.07. The number of amides is 3. The van der Waals surface area contributed by atoms with Crippen molar-refractivity contribution in [3.05, 3.63) is 102 Å². The zero-order valence-corrected chi connectivity index (χ0v) is 34.1. The Morgan fingerprint density at radius 2 is 1.46 bits per heavy atom. The molecule has 0 unspecified atom stereocenters. The number of ketones is 1. The number of hydrogen-bond acceptors (Lipinski definition) is 8. The van der Waals surface area contributed by atoms with Gasteiger partial charge in [-0.1, -0.05) is 72.8 Å².